The van der Waals surface area contributed by atoms with E-state index in [1.165, 1.54) is 0 Å². The van der Waals surface area contributed by atoms with Crippen molar-refractivity contribution in [3.63, 3.8) is 0 Å². The Labute approximate surface area is 247 Å². The number of hydrogen-bond acceptors (Lipinski definition) is 5. The van der Waals surface area contributed by atoms with Crippen molar-refractivity contribution in [1.82, 2.24) is 0 Å². The predicted molar refractivity (Wildman–Crippen MR) is 80.8 cm³/mol. The molecule has 0 spiro atoms. The molecule has 0 aromatic rings. The average molecular weight is 830 g/mol. The summed E-state index contributed by atoms with van der Waals surface area (Å²) in [6.45, 7) is 0. The number of carbonyl (C=O) groups is 1. The molecule has 0 aliphatic carbocycles. The zero-order chi connectivity index (χ0) is 41.4. The van der Waals surface area contributed by atoms with Crippen LogP contribution in [-0.4, -0.2) is 90.7 Å². The van der Waals surface area contributed by atoms with Crippen LogP contribution in [0.4, 0.5) is 132 Å². The molecule has 300 valence electrons. The molecule has 0 radical (unpaired) electrons. The molecule has 50 heavy (non-hydrogen) atoms. The Bertz CT molecular complexity index is 1230. The van der Waals surface area contributed by atoms with E-state index in [9.17, 15) is 137 Å². The van der Waals surface area contributed by atoms with Crippen molar-refractivity contribution in [2.24, 2.45) is 0 Å². The van der Waals surface area contributed by atoms with Gasteiger partial charge in [-0.05, 0) is 0 Å². The first-order chi connectivity index (χ1) is 21.0. The van der Waals surface area contributed by atoms with Gasteiger partial charge < -0.3 is 0 Å². The number of hydrogen-bond donors (Lipinski definition) is 0. The van der Waals surface area contributed by atoms with E-state index < -0.39 is 90.7 Å². The van der Waals surface area contributed by atoms with Gasteiger partial charge >= 0.3 is 90.7 Å². The third kappa shape index (κ3) is 7.62. The molecular formula is C15F30O5. The average Bonchev–Trinajstić information content (AvgIpc) is 2.78. The standard InChI is InChI=1S/C15F30O5/c16-1(46)2(17,7(23,24)25)47-13(40,41)4(20,9(29,30)31)49-15(44,45)6(22,11(35,36)37)50-14(42,43)5(21,10(32,33)34)48-12(38,39)3(18,19)8(26,27)28/t2-,4+,5-,6+/m0/s1. The maximum absolute atomic E-state index is 14.3. The Kier molecular flexibility index (Phi) is 11.6. The van der Waals surface area contributed by atoms with Gasteiger partial charge in [0.05, 0.1) is 0 Å². The van der Waals surface area contributed by atoms with Crippen LogP contribution < -0.4 is 0 Å². The Morgan fingerprint density at radius 2 is 0.520 bits per heavy atom. The first kappa shape index (κ1) is 47.4. The molecule has 4 atom stereocenters. The lowest BCUT2D eigenvalue weighted by Gasteiger charge is -2.43. The van der Waals surface area contributed by atoms with Crippen LogP contribution >= 0.6 is 0 Å². The minimum absolute atomic E-state index is 0.788. The van der Waals surface area contributed by atoms with Crippen LogP contribution in [0.2, 0.25) is 0 Å². The summed E-state index contributed by atoms with van der Waals surface area (Å²) in [5.74, 6) is -43.6. The molecule has 0 unspecified atom stereocenters. The molecule has 0 aromatic carbocycles. The smallest absolute Gasteiger partial charge is 0.263 e. The van der Waals surface area contributed by atoms with Crippen molar-refractivity contribution < 1.29 is 155 Å². The predicted octanol–water partition coefficient (Wildman–Crippen LogP) is 9.03. The lowest BCUT2D eigenvalue weighted by molar-refractivity contribution is -0.592. The molecule has 0 heterocycles. The minimum Gasteiger partial charge on any atom is -0.263 e. The molecule has 0 rings (SSSR count). The second kappa shape index (κ2) is 12.2. The molecule has 0 fully saturated rings. The number of alkyl halides is 29. The zero-order valence-electron chi connectivity index (χ0n) is 20.9. The second-order valence-electron chi connectivity index (χ2n) is 8.19. The van der Waals surface area contributed by atoms with Gasteiger partial charge in [0.25, 0.3) is 0 Å². The fourth-order valence-electron chi connectivity index (χ4n) is 2.19. The molecule has 0 saturated carbocycles. The molecule has 0 bridgehead atoms. The molecule has 0 aromatic heterocycles. The minimum atomic E-state index is -9.29. The second-order valence-corrected chi connectivity index (χ2v) is 8.19. The molecule has 5 nitrogen and oxygen atoms in total. The van der Waals surface area contributed by atoms with E-state index >= 15 is 0 Å². The van der Waals surface area contributed by atoms with Gasteiger partial charge in [-0.1, -0.05) is 0 Å². The van der Waals surface area contributed by atoms with Crippen LogP contribution in [0, 0.1) is 0 Å². The van der Waals surface area contributed by atoms with Gasteiger partial charge in [0.1, 0.15) is 0 Å². The van der Waals surface area contributed by atoms with Crippen LogP contribution in [0.3, 0.4) is 0 Å². The van der Waals surface area contributed by atoms with E-state index in [-0.39, 0.29) is 0 Å². The first-order valence-electron chi connectivity index (χ1n) is 10.0. The van der Waals surface area contributed by atoms with Crippen LogP contribution in [0.25, 0.3) is 0 Å². The maximum atomic E-state index is 14.3. The highest BCUT2D eigenvalue weighted by Gasteiger charge is 2.90. The van der Waals surface area contributed by atoms with Crippen LogP contribution in [-0.2, 0) is 23.7 Å². The zero-order valence-corrected chi connectivity index (χ0v) is 20.9. The Morgan fingerprint density at radius 1 is 0.300 bits per heavy atom. The number of carbonyl (C=O) groups excluding carboxylic acids is 1. The highest BCUT2D eigenvalue weighted by molar-refractivity contribution is 5.77. The van der Waals surface area contributed by atoms with Crippen molar-refractivity contribution in [1.29, 1.82) is 0 Å². The highest BCUT2D eigenvalue weighted by Crippen LogP contribution is 2.61. The summed E-state index contributed by atoms with van der Waals surface area (Å²) in [6, 6.07) is -5.18. The Balaban J connectivity index is 7.69. The summed E-state index contributed by atoms with van der Waals surface area (Å²) in [4.78, 5) is 10.1. The SMILES string of the molecule is O=C(F)[C@](F)(OC(F)(F)[C@](F)(OC(F)(F)[C@](F)(OC(F)(F)[C@@](F)(OC(F)(F)C(F)(F)C(F)(F)F)C(F)(F)F)C(F)(F)F)C(F)(F)F)C(F)(F)F. The Morgan fingerprint density at radius 3 is 0.700 bits per heavy atom. The summed E-state index contributed by atoms with van der Waals surface area (Å²) >= 11 is 0. The first-order valence-corrected chi connectivity index (χ1v) is 10.0. The van der Waals surface area contributed by atoms with Crippen molar-refractivity contribution in [2.45, 2.75) is 84.7 Å². The fourth-order valence-corrected chi connectivity index (χ4v) is 2.19. The summed E-state index contributed by atoms with van der Waals surface area (Å²) < 4.78 is 397. The maximum Gasteiger partial charge on any atom is 0.462 e. The molecule has 0 saturated heterocycles. The topological polar surface area (TPSA) is 54.0 Å². The summed E-state index contributed by atoms with van der Waals surface area (Å²) in [5, 5.41) is 0. The number of rotatable bonds is 13. The van der Waals surface area contributed by atoms with Gasteiger partial charge in [0, 0.05) is 0 Å². The Hall–Kier alpha value is -2.59. The van der Waals surface area contributed by atoms with Crippen LogP contribution in [0.1, 0.15) is 0 Å². The van der Waals surface area contributed by atoms with Crippen molar-refractivity contribution in [3.05, 3.63) is 0 Å². The van der Waals surface area contributed by atoms with Crippen LogP contribution in [0.5, 0.6) is 0 Å². The van der Waals surface area contributed by atoms with Crippen LogP contribution in [0.15, 0.2) is 0 Å². The number of ether oxygens (including phenoxy) is 4. The fraction of sp³-hybridized carbons (Fsp3) is 0.933. The lowest BCUT2D eigenvalue weighted by Crippen LogP contribution is -2.72. The summed E-state index contributed by atoms with van der Waals surface area (Å²) in [5.41, 5.74) is 0. The summed E-state index contributed by atoms with van der Waals surface area (Å²) in [7, 11) is 0. The van der Waals surface area contributed by atoms with E-state index in [2.05, 4.69) is 0 Å². The van der Waals surface area contributed by atoms with E-state index in [0.29, 0.717) is 0 Å². The van der Waals surface area contributed by atoms with E-state index in [0.717, 1.165) is 18.9 Å². The van der Waals surface area contributed by atoms with E-state index in [1.54, 1.807) is 0 Å². The van der Waals surface area contributed by atoms with E-state index in [4.69, 9.17) is 0 Å². The van der Waals surface area contributed by atoms with Crippen molar-refractivity contribution >= 4 is 6.04 Å². The molecule has 0 aliphatic rings. The summed E-state index contributed by atoms with van der Waals surface area (Å²) in [6.07, 6.45) is -78.1. The van der Waals surface area contributed by atoms with Crippen molar-refractivity contribution in [2.75, 3.05) is 0 Å². The molecule has 35 heteroatoms. The molecule has 0 amide bonds. The highest BCUT2D eigenvalue weighted by atomic mass is 19.4. The van der Waals surface area contributed by atoms with E-state index in [1.807, 2.05) is 0 Å². The quantitative estimate of drug-likeness (QED) is 0.137. The molecule has 0 N–H and O–H groups in total. The third-order valence-corrected chi connectivity index (χ3v) is 4.63. The van der Waals surface area contributed by atoms with Gasteiger partial charge in [-0.3, -0.25) is 23.7 Å². The molecular weight excluding hydrogens is 830 g/mol. The van der Waals surface area contributed by atoms with Gasteiger partial charge in [-0.15, -0.1) is 0 Å². The van der Waals surface area contributed by atoms with Gasteiger partial charge in [-0.2, -0.15) is 132 Å². The number of halogens is 30. The van der Waals surface area contributed by atoms with Gasteiger partial charge in [0.15, 0.2) is 0 Å². The lowest BCUT2D eigenvalue weighted by atomic mass is 10.2. The third-order valence-electron chi connectivity index (χ3n) is 4.63. The normalized spacial score (nSPS) is 20.4. The van der Waals surface area contributed by atoms with Crippen molar-refractivity contribution in [3.8, 4) is 0 Å². The molecule has 0 aliphatic heterocycles. The largest absolute Gasteiger partial charge is 0.462 e. The monoisotopic (exact) mass is 830 g/mol. The van der Waals surface area contributed by atoms with Gasteiger partial charge in [-0.25, -0.2) is 0 Å². The van der Waals surface area contributed by atoms with Gasteiger partial charge in [0.2, 0.25) is 0 Å².